The van der Waals surface area contributed by atoms with E-state index < -0.39 is 10.0 Å². The Morgan fingerprint density at radius 1 is 1.12 bits per heavy atom. The van der Waals surface area contributed by atoms with Gasteiger partial charge in [0.25, 0.3) is 0 Å². The number of rotatable bonds is 8. The molecule has 0 aliphatic rings. The van der Waals surface area contributed by atoms with Gasteiger partial charge in [-0.15, -0.1) is 0 Å². The first-order valence-electron chi connectivity index (χ1n) is 8.40. The second-order valence-corrected chi connectivity index (χ2v) is 9.13. The molecule has 0 saturated heterocycles. The fourth-order valence-electron chi connectivity index (χ4n) is 2.24. The lowest BCUT2D eigenvalue weighted by molar-refractivity contribution is -0.116. The fraction of sp³-hybridized carbons (Fsp3) is 0.316. The summed E-state index contributed by atoms with van der Waals surface area (Å²) in [5.41, 5.74) is 1.65. The predicted molar refractivity (Wildman–Crippen MR) is 108 cm³/mol. The molecule has 0 saturated carbocycles. The van der Waals surface area contributed by atoms with Gasteiger partial charge in [-0.1, -0.05) is 48.0 Å². The number of sulfonamides is 1. The first kappa shape index (κ1) is 20.6. The smallest absolute Gasteiger partial charge is 0.240 e. The van der Waals surface area contributed by atoms with Crippen molar-refractivity contribution < 1.29 is 13.2 Å². The number of carbonyl (C=O) groups is 1. The van der Waals surface area contributed by atoms with Gasteiger partial charge in [-0.05, 0) is 48.2 Å². The van der Waals surface area contributed by atoms with Crippen molar-refractivity contribution in [2.75, 3.05) is 11.9 Å². The molecule has 0 bridgehead atoms. The molecule has 2 N–H and O–H groups in total. The molecule has 0 aliphatic carbocycles. The maximum atomic E-state index is 12.2. The third-order valence-corrected chi connectivity index (χ3v) is 5.60. The topological polar surface area (TPSA) is 75.3 Å². The van der Waals surface area contributed by atoms with Crippen molar-refractivity contribution in [1.29, 1.82) is 0 Å². The summed E-state index contributed by atoms with van der Waals surface area (Å²) >= 11 is 3.36. The zero-order valence-electron chi connectivity index (χ0n) is 14.8. The predicted octanol–water partition coefficient (Wildman–Crippen LogP) is 3.95. The number of amides is 1. The van der Waals surface area contributed by atoms with E-state index in [0.717, 1.165) is 15.7 Å². The number of aryl methyl sites for hydroxylation is 1. The minimum atomic E-state index is -3.48. The van der Waals surface area contributed by atoms with Gasteiger partial charge in [-0.25, -0.2) is 13.1 Å². The summed E-state index contributed by atoms with van der Waals surface area (Å²) < 4.78 is 27.8. The fourth-order valence-corrected chi connectivity index (χ4v) is 3.86. The van der Waals surface area contributed by atoms with E-state index in [1.807, 2.05) is 38.1 Å². The highest BCUT2D eigenvalue weighted by molar-refractivity contribution is 9.10. The lowest BCUT2D eigenvalue weighted by atomic mass is 10.1. The average Bonchev–Trinajstić information content (AvgIpc) is 2.59. The normalized spacial score (nSPS) is 11.5. The largest absolute Gasteiger partial charge is 0.326 e. The molecule has 0 unspecified atom stereocenters. The Morgan fingerprint density at radius 2 is 1.81 bits per heavy atom. The summed E-state index contributed by atoms with van der Waals surface area (Å²) in [6, 6.07) is 14.0. The van der Waals surface area contributed by atoms with Crippen LogP contribution in [0.2, 0.25) is 0 Å². The third-order valence-electron chi connectivity index (χ3n) is 3.66. The van der Waals surface area contributed by atoms with E-state index in [-0.39, 0.29) is 16.7 Å². The van der Waals surface area contributed by atoms with Crippen LogP contribution in [0.4, 0.5) is 5.69 Å². The van der Waals surface area contributed by atoms with Gasteiger partial charge >= 0.3 is 0 Å². The summed E-state index contributed by atoms with van der Waals surface area (Å²) in [5.74, 6) is 0.159. The molecule has 0 atom stereocenters. The van der Waals surface area contributed by atoms with Gasteiger partial charge in [-0.3, -0.25) is 4.79 Å². The third kappa shape index (κ3) is 6.55. The van der Waals surface area contributed by atoms with Gasteiger partial charge in [0.15, 0.2) is 0 Å². The summed E-state index contributed by atoms with van der Waals surface area (Å²) in [7, 11) is -3.48. The number of hydrogen-bond donors (Lipinski definition) is 2. The molecule has 2 aromatic carbocycles. The molecule has 0 heterocycles. The summed E-state index contributed by atoms with van der Waals surface area (Å²) in [6.45, 7) is 4.30. The second kappa shape index (κ2) is 9.30. The highest BCUT2D eigenvalue weighted by Crippen LogP contribution is 2.16. The van der Waals surface area contributed by atoms with Crippen LogP contribution in [0.3, 0.4) is 0 Å². The number of hydrogen-bond acceptors (Lipinski definition) is 3. The lowest BCUT2D eigenvalue weighted by Crippen LogP contribution is -2.27. The van der Waals surface area contributed by atoms with E-state index in [2.05, 4.69) is 26.0 Å². The van der Waals surface area contributed by atoms with Crippen LogP contribution in [-0.2, 0) is 21.2 Å². The van der Waals surface area contributed by atoms with Gasteiger partial charge in [0, 0.05) is 23.1 Å². The van der Waals surface area contributed by atoms with Crippen LogP contribution in [0, 0.1) is 5.92 Å². The van der Waals surface area contributed by atoms with Crippen LogP contribution >= 0.6 is 15.9 Å². The number of carbonyl (C=O) groups excluding carboxylic acids is 1. The molecule has 2 aromatic rings. The van der Waals surface area contributed by atoms with E-state index in [4.69, 9.17) is 0 Å². The SMILES string of the molecule is CC(C)CNS(=O)(=O)c1ccc(CCC(=O)Nc2cccc(Br)c2)cc1. The molecule has 2 rings (SSSR count). The Morgan fingerprint density at radius 3 is 2.42 bits per heavy atom. The molecule has 140 valence electrons. The van der Waals surface area contributed by atoms with Crippen molar-refractivity contribution in [3.8, 4) is 0 Å². The van der Waals surface area contributed by atoms with Crippen LogP contribution in [-0.4, -0.2) is 20.9 Å². The molecule has 7 heteroatoms. The molecule has 0 fully saturated rings. The van der Waals surface area contributed by atoms with E-state index in [0.29, 0.717) is 19.4 Å². The molecular weight excluding hydrogens is 416 g/mol. The van der Waals surface area contributed by atoms with Crippen molar-refractivity contribution in [3.63, 3.8) is 0 Å². The standard InChI is InChI=1S/C19H23BrN2O3S/c1-14(2)13-21-26(24,25)18-9-6-15(7-10-18)8-11-19(23)22-17-5-3-4-16(20)12-17/h3-7,9-10,12,14,21H,8,11,13H2,1-2H3,(H,22,23). The first-order valence-corrected chi connectivity index (χ1v) is 10.7. The van der Waals surface area contributed by atoms with Gasteiger partial charge in [0.05, 0.1) is 4.90 Å². The van der Waals surface area contributed by atoms with E-state index >= 15 is 0 Å². The number of halogens is 1. The number of nitrogens with one attached hydrogen (secondary N) is 2. The maximum absolute atomic E-state index is 12.2. The van der Waals surface area contributed by atoms with Crippen molar-refractivity contribution in [2.45, 2.75) is 31.6 Å². The quantitative estimate of drug-likeness (QED) is 0.654. The van der Waals surface area contributed by atoms with Gasteiger partial charge in [0.2, 0.25) is 15.9 Å². The highest BCUT2D eigenvalue weighted by Gasteiger charge is 2.14. The van der Waals surface area contributed by atoms with Crippen molar-refractivity contribution in [2.24, 2.45) is 5.92 Å². The molecule has 0 radical (unpaired) electrons. The van der Waals surface area contributed by atoms with Gasteiger partial charge < -0.3 is 5.32 Å². The minimum Gasteiger partial charge on any atom is -0.326 e. The molecular formula is C19H23BrN2O3S. The van der Waals surface area contributed by atoms with Gasteiger partial charge in [0.1, 0.15) is 0 Å². The summed E-state index contributed by atoms with van der Waals surface area (Å²) in [5, 5.41) is 2.84. The van der Waals surface area contributed by atoms with Crippen molar-refractivity contribution >= 4 is 37.5 Å². The summed E-state index contributed by atoms with van der Waals surface area (Å²) in [4.78, 5) is 12.3. The first-order chi connectivity index (χ1) is 12.3. The Balaban J connectivity index is 1.90. The van der Waals surface area contributed by atoms with E-state index in [1.54, 1.807) is 24.3 Å². The van der Waals surface area contributed by atoms with Gasteiger partial charge in [-0.2, -0.15) is 0 Å². The maximum Gasteiger partial charge on any atom is 0.240 e. The van der Waals surface area contributed by atoms with Crippen LogP contribution in [0.25, 0.3) is 0 Å². The number of anilines is 1. The molecule has 5 nitrogen and oxygen atoms in total. The Kier molecular flexibility index (Phi) is 7.37. The monoisotopic (exact) mass is 438 g/mol. The van der Waals surface area contributed by atoms with E-state index in [1.165, 1.54) is 0 Å². The van der Waals surface area contributed by atoms with Crippen molar-refractivity contribution in [3.05, 3.63) is 58.6 Å². The van der Waals surface area contributed by atoms with E-state index in [9.17, 15) is 13.2 Å². The highest BCUT2D eigenvalue weighted by atomic mass is 79.9. The Labute approximate surface area is 163 Å². The van der Waals surface area contributed by atoms with Crippen molar-refractivity contribution in [1.82, 2.24) is 4.72 Å². The summed E-state index contributed by atoms with van der Waals surface area (Å²) in [6.07, 6.45) is 0.865. The van der Waals surface area contributed by atoms with Crippen LogP contribution in [0.1, 0.15) is 25.8 Å². The van der Waals surface area contributed by atoms with Crippen LogP contribution in [0.5, 0.6) is 0 Å². The Bertz CT molecular complexity index is 849. The molecule has 0 aliphatic heterocycles. The molecule has 1 amide bonds. The second-order valence-electron chi connectivity index (χ2n) is 6.45. The molecule has 26 heavy (non-hydrogen) atoms. The molecule has 0 aromatic heterocycles. The van der Waals surface area contributed by atoms with Crippen LogP contribution in [0.15, 0.2) is 57.9 Å². The zero-order chi connectivity index (χ0) is 19.2. The molecule has 0 spiro atoms. The Hall–Kier alpha value is -1.70. The number of benzene rings is 2. The average molecular weight is 439 g/mol. The zero-order valence-corrected chi connectivity index (χ0v) is 17.2. The van der Waals surface area contributed by atoms with Crippen LogP contribution < -0.4 is 10.0 Å². The minimum absolute atomic E-state index is 0.0848. The lowest BCUT2D eigenvalue weighted by Gasteiger charge is -2.09.